The summed E-state index contributed by atoms with van der Waals surface area (Å²) in [5.74, 6) is 0. The van der Waals surface area contributed by atoms with Crippen molar-refractivity contribution in [3.63, 3.8) is 0 Å². The van der Waals surface area contributed by atoms with Gasteiger partial charge < -0.3 is 4.57 Å². The lowest BCUT2D eigenvalue weighted by Gasteiger charge is -2.03. The summed E-state index contributed by atoms with van der Waals surface area (Å²) in [6, 6.07) is 8.34. The van der Waals surface area contributed by atoms with E-state index in [0.717, 1.165) is 12.1 Å². The zero-order chi connectivity index (χ0) is 11.2. The zero-order valence-corrected chi connectivity index (χ0v) is 10.0. The number of aromatic nitrogens is 2. The van der Waals surface area contributed by atoms with Gasteiger partial charge in [-0.1, -0.05) is 44.7 Å². The Bertz CT molecular complexity index is 431. The standard InChI is InChI=1S/C14H20N2/c1-2-3-4-5-8-11-16-12-15-13-9-6-7-10-14(13)16/h6-7,9-10,12H,2-5,8,11H2,1H3. The molecule has 0 atom stereocenters. The van der Waals surface area contributed by atoms with E-state index in [1.54, 1.807) is 0 Å². The van der Waals surface area contributed by atoms with Crippen LogP contribution in [0.5, 0.6) is 0 Å². The number of rotatable bonds is 6. The highest BCUT2D eigenvalue weighted by atomic mass is 15.0. The second-order valence-electron chi connectivity index (χ2n) is 4.34. The normalized spacial score (nSPS) is 11.1. The Labute approximate surface area is 97.3 Å². The van der Waals surface area contributed by atoms with Crippen LogP contribution in [0.15, 0.2) is 30.6 Å². The fraction of sp³-hybridized carbons (Fsp3) is 0.500. The van der Waals surface area contributed by atoms with Gasteiger partial charge in [0.1, 0.15) is 0 Å². The molecule has 16 heavy (non-hydrogen) atoms. The molecule has 0 saturated carbocycles. The molecule has 0 spiro atoms. The molecule has 0 amide bonds. The van der Waals surface area contributed by atoms with E-state index in [4.69, 9.17) is 0 Å². The van der Waals surface area contributed by atoms with Gasteiger partial charge in [-0.2, -0.15) is 0 Å². The smallest absolute Gasteiger partial charge is 0.0958 e. The summed E-state index contributed by atoms with van der Waals surface area (Å²) in [6.45, 7) is 3.35. The summed E-state index contributed by atoms with van der Waals surface area (Å²) in [4.78, 5) is 4.40. The van der Waals surface area contributed by atoms with Gasteiger partial charge in [0, 0.05) is 6.54 Å². The molecule has 2 nitrogen and oxygen atoms in total. The molecular formula is C14H20N2. The number of hydrogen-bond donors (Lipinski definition) is 0. The Morgan fingerprint density at radius 2 is 1.88 bits per heavy atom. The molecule has 0 aliphatic rings. The number of fused-ring (bicyclic) bond motifs is 1. The maximum Gasteiger partial charge on any atom is 0.0958 e. The van der Waals surface area contributed by atoms with Crippen molar-refractivity contribution in [3.05, 3.63) is 30.6 Å². The second kappa shape index (κ2) is 5.69. The van der Waals surface area contributed by atoms with Gasteiger partial charge in [-0.05, 0) is 18.6 Å². The van der Waals surface area contributed by atoms with Crippen LogP contribution in [0.2, 0.25) is 0 Å². The molecule has 2 aromatic rings. The molecule has 0 aliphatic carbocycles. The van der Waals surface area contributed by atoms with E-state index in [-0.39, 0.29) is 0 Å². The van der Waals surface area contributed by atoms with Crippen molar-refractivity contribution >= 4 is 11.0 Å². The molecule has 1 aromatic carbocycles. The predicted octanol–water partition coefficient (Wildman–Crippen LogP) is 4.01. The van der Waals surface area contributed by atoms with Crippen LogP contribution in [0.25, 0.3) is 11.0 Å². The summed E-state index contributed by atoms with van der Waals surface area (Å²) in [7, 11) is 0. The summed E-state index contributed by atoms with van der Waals surface area (Å²) < 4.78 is 2.27. The lowest BCUT2D eigenvalue weighted by atomic mass is 10.1. The Hall–Kier alpha value is -1.31. The molecule has 0 unspecified atom stereocenters. The fourth-order valence-electron chi connectivity index (χ4n) is 2.07. The Morgan fingerprint density at radius 1 is 1.06 bits per heavy atom. The van der Waals surface area contributed by atoms with Gasteiger partial charge in [-0.25, -0.2) is 4.98 Å². The molecule has 0 saturated heterocycles. The Kier molecular flexibility index (Phi) is 3.97. The van der Waals surface area contributed by atoms with Gasteiger partial charge >= 0.3 is 0 Å². The number of para-hydroxylation sites is 2. The van der Waals surface area contributed by atoms with Crippen molar-refractivity contribution in [1.29, 1.82) is 0 Å². The fourth-order valence-corrected chi connectivity index (χ4v) is 2.07. The topological polar surface area (TPSA) is 17.8 Å². The summed E-state index contributed by atoms with van der Waals surface area (Å²) in [5.41, 5.74) is 2.37. The Balaban J connectivity index is 1.89. The van der Waals surface area contributed by atoms with E-state index in [0.29, 0.717) is 0 Å². The third-order valence-corrected chi connectivity index (χ3v) is 3.03. The monoisotopic (exact) mass is 216 g/mol. The molecule has 1 aromatic heterocycles. The van der Waals surface area contributed by atoms with Gasteiger partial charge in [-0.15, -0.1) is 0 Å². The van der Waals surface area contributed by atoms with Crippen molar-refractivity contribution in [2.24, 2.45) is 0 Å². The number of hydrogen-bond acceptors (Lipinski definition) is 1. The predicted molar refractivity (Wildman–Crippen MR) is 68.5 cm³/mol. The van der Waals surface area contributed by atoms with Crippen LogP contribution in [0, 0.1) is 0 Å². The third-order valence-electron chi connectivity index (χ3n) is 3.03. The Morgan fingerprint density at radius 3 is 2.75 bits per heavy atom. The molecule has 0 fully saturated rings. The molecular weight excluding hydrogens is 196 g/mol. The van der Waals surface area contributed by atoms with Crippen LogP contribution in [0.4, 0.5) is 0 Å². The first kappa shape index (κ1) is 11.2. The van der Waals surface area contributed by atoms with Crippen LogP contribution >= 0.6 is 0 Å². The molecule has 2 rings (SSSR count). The van der Waals surface area contributed by atoms with Crippen molar-refractivity contribution in [1.82, 2.24) is 9.55 Å². The highest BCUT2D eigenvalue weighted by Crippen LogP contribution is 2.13. The van der Waals surface area contributed by atoms with E-state index >= 15 is 0 Å². The van der Waals surface area contributed by atoms with E-state index < -0.39 is 0 Å². The van der Waals surface area contributed by atoms with Gasteiger partial charge in [0.2, 0.25) is 0 Å². The zero-order valence-electron chi connectivity index (χ0n) is 10.0. The van der Waals surface area contributed by atoms with Crippen LogP contribution in [0.1, 0.15) is 39.0 Å². The minimum Gasteiger partial charge on any atom is -0.331 e. The van der Waals surface area contributed by atoms with E-state index in [2.05, 4.69) is 34.7 Å². The molecule has 1 heterocycles. The van der Waals surface area contributed by atoms with E-state index in [1.807, 2.05) is 12.4 Å². The molecule has 86 valence electrons. The van der Waals surface area contributed by atoms with Gasteiger partial charge in [0.25, 0.3) is 0 Å². The number of aryl methyl sites for hydroxylation is 1. The summed E-state index contributed by atoms with van der Waals surface area (Å²) in [5, 5.41) is 0. The van der Waals surface area contributed by atoms with Crippen LogP contribution in [-0.4, -0.2) is 9.55 Å². The highest BCUT2D eigenvalue weighted by Gasteiger charge is 2.00. The average molecular weight is 216 g/mol. The number of benzene rings is 1. The van der Waals surface area contributed by atoms with E-state index in [1.165, 1.54) is 37.6 Å². The molecule has 0 N–H and O–H groups in total. The highest BCUT2D eigenvalue weighted by molar-refractivity contribution is 5.74. The van der Waals surface area contributed by atoms with Crippen LogP contribution in [-0.2, 0) is 6.54 Å². The number of nitrogens with zero attached hydrogens (tertiary/aromatic N) is 2. The van der Waals surface area contributed by atoms with Crippen LogP contribution in [0.3, 0.4) is 0 Å². The quantitative estimate of drug-likeness (QED) is 0.667. The SMILES string of the molecule is CCCCCCCn1cnc2ccccc21. The van der Waals surface area contributed by atoms with Crippen molar-refractivity contribution in [3.8, 4) is 0 Å². The van der Waals surface area contributed by atoms with Crippen molar-refractivity contribution in [2.75, 3.05) is 0 Å². The summed E-state index contributed by atoms with van der Waals surface area (Å²) >= 11 is 0. The first-order valence-electron chi connectivity index (χ1n) is 6.31. The molecule has 2 heteroatoms. The molecule has 0 aliphatic heterocycles. The second-order valence-corrected chi connectivity index (χ2v) is 4.34. The number of imidazole rings is 1. The minimum absolute atomic E-state index is 1.10. The van der Waals surface area contributed by atoms with Gasteiger partial charge in [-0.3, -0.25) is 0 Å². The molecule has 0 bridgehead atoms. The molecule has 0 radical (unpaired) electrons. The van der Waals surface area contributed by atoms with E-state index in [9.17, 15) is 0 Å². The maximum absolute atomic E-state index is 4.40. The average Bonchev–Trinajstić information content (AvgIpc) is 2.73. The number of unbranched alkanes of at least 4 members (excludes halogenated alkanes) is 4. The lowest BCUT2D eigenvalue weighted by molar-refractivity contribution is 0.575. The van der Waals surface area contributed by atoms with Crippen molar-refractivity contribution in [2.45, 2.75) is 45.6 Å². The van der Waals surface area contributed by atoms with Gasteiger partial charge in [0.15, 0.2) is 0 Å². The van der Waals surface area contributed by atoms with Crippen molar-refractivity contribution < 1.29 is 0 Å². The third kappa shape index (κ3) is 2.63. The first-order chi connectivity index (χ1) is 7.92. The van der Waals surface area contributed by atoms with Crippen LogP contribution < -0.4 is 0 Å². The first-order valence-corrected chi connectivity index (χ1v) is 6.31. The lowest BCUT2D eigenvalue weighted by Crippen LogP contribution is -1.95. The summed E-state index contributed by atoms with van der Waals surface area (Å²) in [6.07, 6.45) is 8.60. The minimum atomic E-state index is 1.10. The largest absolute Gasteiger partial charge is 0.331 e. The van der Waals surface area contributed by atoms with Gasteiger partial charge in [0.05, 0.1) is 17.4 Å². The maximum atomic E-state index is 4.40.